The van der Waals surface area contributed by atoms with E-state index in [1.807, 2.05) is 19.9 Å². The fraction of sp³-hybridized carbons (Fsp3) is 0.600. The highest BCUT2D eigenvalue weighted by Crippen LogP contribution is 2.27. The molecule has 2 heterocycles. The average Bonchev–Trinajstić information content (AvgIpc) is 2.38. The van der Waals surface area contributed by atoms with E-state index in [-0.39, 0.29) is 0 Å². The van der Waals surface area contributed by atoms with Crippen molar-refractivity contribution in [2.24, 2.45) is 5.92 Å². The minimum Gasteiger partial charge on any atom is -0.355 e. The van der Waals surface area contributed by atoms with Gasteiger partial charge in [0.2, 0.25) is 0 Å². The van der Waals surface area contributed by atoms with Crippen LogP contribution >= 0.6 is 0 Å². The maximum absolute atomic E-state index is 9.33. The van der Waals surface area contributed by atoms with Gasteiger partial charge in [0.25, 0.3) is 0 Å². The van der Waals surface area contributed by atoms with Crippen LogP contribution < -0.4 is 4.90 Å². The first-order valence-corrected chi connectivity index (χ1v) is 6.79. The third kappa shape index (κ3) is 2.48. The van der Waals surface area contributed by atoms with E-state index in [1.165, 1.54) is 19.3 Å². The Hall–Kier alpha value is -1.56. The van der Waals surface area contributed by atoms with Gasteiger partial charge in [0.1, 0.15) is 11.9 Å². The summed E-state index contributed by atoms with van der Waals surface area (Å²) in [4.78, 5) is 6.90. The van der Waals surface area contributed by atoms with Crippen LogP contribution in [0.25, 0.3) is 0 Å². The summed E-state index contributed by atoms with van der Waals surface area (Å²) in [6.07, 6.45) is 3.72. The Morgan fingerprint density at radius 2 is 2.28 bits per heavy atom. The van der Waals surface area contributed by atoms with Gasteiger partial charge in [-0.1, -0.05) is 13.3 Å². The van der Waals surface area contributed by atoms with E-state index in [2.05, 4.69) is 22.9 Å². The van der Waals surface area contributed by atoms with Gasteiger partial charge >= 0.3 is 0 Å². The molecule has 0 N–H and O–H groups in total. The standard InChI is InChI=1S/C15H21N3/c1-4-13-6-5-7-18(10-13)15-14(9-16)11(2)8-12(3)17-15/h8,13H,4-7,10H2,1-3H3/t13-/m0/s1. The topological polar surface area (TPSA) is 39.9 Å². The Morgan fingerprint density at radius 3 is 2.94 bits per heavy atom. The predicted octanol–water partition coefficient (Wildman–Crippen LogP) is 3.20. The number of piperidine rings is 1. The van der Waals surface area contributed by atoms with Gasteiger partial charge in [-0.25, -0.2) is 4.98 Å². The molecule has 0 bridgehead atoms. The molecule has 1 aliphatic heterocycles. The van der Waals surface area contributed by atoms with Crippen molar-refractivity contribution < 1.29 is 0 Å². The second-order valence-corrected chi connectivity index (χ2v) is 5.25. The Labute approximate surface area is 109 Å². The third-order valence-electron chi connectivity index (χ3n) is 3.83. The van der Waals surface area contributed by atoms with E-state index >= 15 is 0 Å². The molecule has 0 unspecified atom stereocenters. The van der Waals surface area contributed by atoms with Crippen LogP contribution in [-0.4, -0.2) is 18.1 Å². The molecule has 18 heavy (non-hydrogen) atoms. The van der Waals surface area contributed by atoms with Crippen LogP contribution in [0.2, 0.25) is 0 Å². The Morgan fingerprint density at radius 1 is 1.50 bits per heavy atom. The molecule has 1 aliphatic rings. The lowest BCUT2D eigenvalue weighted by Gasteiger charge is -2.34. The summed E-state index contributed by atoms with van der Waals surface area (Å²) >= 11 is 0. The number of aromatic nitrogens is 1. The zero-order valence-electron chi connectivity index (χ0n) is 11.5. The number of hydrogen-bond acceptors (Lipinski definition) is 3. The van der Waals surface area contributed by atoms with Crippen molar-refractivity contribution in [3.8, 4) is 6.07 Å². The van der Waals surface area contributed by atoms with Crippen LogP contribution in [0.4, 0.5) is 5.82 Å². The van der Waals surface area contributed by atoms with Gasteiger partial charge in [0.05, 0.1) is 5.56 Å². The molecular weight excluding hydrogens is 222 g/mol. The largest absolute Gasteiger partial charge is 0.355 e. The number of pyridine rings is 1. The molecule has 1 atom stereocenters. The summed E-state index contributed by atoms with van der Waals surface area (Å²) in [7, 11) is 0. The van der Waals surface area contributed by atoms with Crippen molar-refractivity contribution in [2.45, 2.75) is 40.0 Å². The highest BCUT2D eigenvalue weighted by atomic mass is 15.2. The van der Waals surface area contributed by atoms with Crippen LogP contribution in [-0.2, 0) is 0 Å². The number of nitriles is 1. The molecule has 2 rings (SSSR count). The molecule has 1 aromatic rings. The molecule has 96 valence electrons. The number of hydrogen-bond donors (Lipinski definition) is 0. The highest BCUT2D eigenvalue weighted by Gasteiger charge is 2.22. The summed E-state index contributed by atoms with van der Waals surface area (Å²) < 4.78 is 0. The maximum atomic E-state index is 9.33. The van der Waals surface area contributed by atoms with Crippen molar-refractivity contribution in [3.05, 3.63) is 22.9 Å². The summed E-state index contributed by atoms with van der Waals surface area (Å²) in [6, 6.07) is 4.31. The van der Waals surface area contributed by atoms with Crippen molar-refractivity contribution in [3.63, 3.8) is 0 Å². The first kappa shape index (κ1) is 12.9. The Balaban J connectivity index is 2.35. The van der Waals surface area contributed by atoms with Crippen LogP contribution in [0.15, 0.2) is 6.07 Å². The van der Waals surface area contributed by atoms with E-state index in [0.717, 1.165) is 41.6 Å². The monoisotopic (exact) mass is 243 g/mol. The molecule has 3 nitrogen and oxygen atoms in total. The number of anilines is 1. The van der Waals surface area contributed by atoms with Gasteiger partial charge in [-0.15, -0.1) is 0 Å². The van der Waals surface area contributed by atoms with E-state index in [1.54, 1.807) is 0 Å². The fourth-order valence-electron chi connectivity index (χ4n) is 2.77. The van der Waals surface area contributed by atoms with E-state index < -0.39 is 0 Å². The lowest BCUT2D eigenvalue weighted by molar-refractivity contribution is 0.403. The quantitative estimate of drug-likeness (QED) is 0.800. The van der Waals surface area contributed by atoms with Gasteiger partial charge in [0.15, 0.2) is 0 Å². The molecule has 3 heteroatoms. The maximum Gasteiger partial charge on any atom is 0.147 e. The second kappa shape index (κ2) is 5.39. The smallest absolute Gasteiger partial charge is 0.147 e. The molecule has 0 saturated carbocycles. The molecule has 0 aromatic carbocycles. The molecule has 0 amide bonds. The molecule has 0 aliphatic carbocycles. The van der Waals surface area contributed by atoms with Gasteiger partial charge in [-0.3, -0.25) is 0 Å². The van der Waals surface area contributed by atoms with Crippen LogP contribution in [0.1, 0.15) is 43.0 Å². The van der Waals surface area contributed by atoms with Crippen LogP contribution in [0, 0.1) is 31.1 Å². The Kier molecular flexibility index (Phi) is 3.86. The van der Waals surface area contributed by atoms with E-state index in [4.69, 9.17) is 0 Å². The lowest BCUT2D eigenvalue weighted by atomic mass is 9.95. The van der Waals surface area contributed by atoms with Gasteiger partial charge < -0.3 is 4.90 Å². The molecule has 0 spiro atoms. The molecule has 1 aromatic heterocycles. The summed E-state index contributed by atoms with van der Waals surface area (Å²) in [6.45, 7) is 8.31. The third-order valence-corrected chi connectivity index (χ3v) is 3.83. The molecule has 0 radical (unpaired) electrons. The predicted molar refractivity (Wildman–Crippen MR) is 73.7 cm³/mol. The summed E-state index contributed by atoms with van der Waals surface area (Å²) in [5.41, 5.74) is 2.79. The normalized spacial score (nSPS) is 19.7. The Bertz CT molecular complexity index is 473. The fourth-order valence-corrected chi connectivity index (χ4v) is 2.77. The molecular formula is C15H21N3. The minimum absolute atomic E-state index is 0.743. The minimum atomic E-state index is 0.743. The zero-order chi connectivity index (χ0) is 13.1. The first-order chi connectivity index (χ1) is 8.65. The van der Waals surface area contributed by atoms with Crippen molar-refractivity contribution in [2.75, 3.05) is 18.0 Å². The highest BCUT2D eigenvalue weighted by molar-refractivity contribution is 5.58. The number of aryl methyl sites for hydroxylation is 2. The van der Waals surface area contributed by atoms with Crippen molar-refractivity contribution >= 4 is 5.82 Å². The van der Waals surface area contributed by atoms with Crippen LogP contribution in [0.5, 0.6) is 0 Å². The summed E-state index contributed by atoms with van der Waals surface area (Å²) in [5.74, 6) is 1.64. The van der Waals surface area contributed by atoms with Gasteiger partial charge in [-0.05, 0) is 44.2 Å². The van der Waals surface area contributed by atoms with E-state index in [9.17, 15) is 5.26 Å². The number of nitrogens with zero attached hydrogens (tertiary/aromatic N) is 3. The average molecular weight is 243 g/mol. The van der Waals surface area contributed by atoms with Crippen molar-refractivity contribution in [1.82, 2.24) is 4.98 Å². The number of rotatable bonds is 2. The molecule has 1 saturated heterocycles. The second-order valence-electron chi connectivity index (χ2n) is 5.25. The molecule has 1 fully saturated rings. The SMILES string of the molecule is CC[C@H]1CCCN(c2nc(C)cc(C)c2C#N)C1. The van der Waals surface area contributed by atoms with Gasteiger partial charge in [-0.2, -0.15) is 5.26 Å². The van der Waals surface area contributed by atoms with Crippen LogP contribution in [0.3, 0.4) is 0 Å². The first-order valence-electron chi connectivity index (χ1n) is 6.79. The summed E-state index contributed by atoms with van der Waals surface area (Å²) in [5, 5.41) is 9.33. The zero-order valence-corrected chi connectivity index (χ0v) is 11.5. The van der Waals surface area contributed by atoms with Crippen molar-refractivity contribution in [1.29, 1.82) is 5.26 Å². The van der Waals surface area contributed by atoms with E-state index in [0.29, 0.717) is 0 Å². The lowest BCUT2D eigenvalue weighted by Crippen LogP contribution is -2.36. The van der Waals surface area contributed by atoms with Gasteiger partial charge in [0, 0.05) is 18.8 Å².